The van der Waals surface area contributed by atoms with Gasteiger partial charge in [0, 0.05) is 35.5 Å². The molecule has 0 atom stereocenters. The number of ether oxygens (including phenoxy) is 1. The number of aliphatic imine (C=N–C) groups is 1. The molecule has 4 heterocycles. The summed E-state index contributed by atoms with van der Waals surface area (Å²) in [4.78, 5) is 20.6. The van der Waals surface area contributed by atoms with Crippen molar-refractivity contribution in [3.8, 4) is 5.00 Å². The Morgan fingerprint density at radius 1 is 1.17 bits per heavy atom. The number of morpholine rings is 1. The van der Waals surface area contributed by atoms with Crippen LogP contribution in [0.15, 0.2) is 41.4 Å². The lowest BCUT2D eigenvalue weighted by molar-refractivity contribution is -0.135. The van der Waals surface area contributed by atoms with Gasteiger partial charge in [-0.05, 0) is 19.4 Å². The number of amides is 1. The number of aromatic nitrogens is 3. The predicted octanol–water partition coefficient (Wildman–Crippen LogP) is 2.78. The number of benzene rings is 1. The first-order chi connectivity index (χ1) is 14.7. The molecule has 154 valence electrons. The highest BCUT2D eigenvalue weighted by Crippen LogP contribution is 2.33. The van der Waals surface area contributed by atoms with E-state index >= 15 is 0 Å². The molecule has 3 aromatic rings. The summed E-state index contributed by atoms with van der Waals surface area (Å²) in [5.41, 5.74) is 3.14. The summed E-state index contributed by atoms with van der Waals surface area (Å²) in [6.07, 6.45) is 1.22. The SMILES string of the molecule is Cc1nnc2n1-c1sc(CCC(=O)N3CCOCC3)cc1C(c1ccccc1)=NC2. The van der Waals surface area contributed by atoms with Crippen molar-refractivity contribution in [1.29, 1.82) is 0 Å². The second kappa shape index (κ2) is 8.12. The second-order valence-electron chi connectivity index (χ2n) is 7.45. The molecule has 7 nitrogen and oxygen atoms in total. The highest BCUT2D eigenvalue weighted by molar-refractivity contribution is 7.15. The first kappa shape index (κ1) is 19.1. The number of hydrogen-bond acceptors (Lipinski definition) is 6. The highest BCUT2D eigenvalue weighted by atomic mass is 32.1. The summed E-state index contributed by atoms with van der Waals surface area (Å²) < 4.78 is 7.45. The average molecular weight is 422 g/mol. The lowest BCUT2D eigenvalue weighted by atomic mass is 10.0. The number of nitrogens with zero attached hydrogens (tertiary/aromatic N) is 5. The van der Waals surface area contributed by atoms with E-state index in [1.807, 2.05) is 30.0 Å². The molecule has 1 aromatic carbocycles. The first-order valence-electron chi connectivity index (χ1n) is 10.2. The van der Waals surface area contributed by atoms with Gasteiger partial charge < -0.3 is 9.64 Å². The maximum atomic E-state index is 12.6. The van der Waals surface area contributed by atoms with Crippen LogP contribution in [0.3, 0.4) is 0 Å². The zero-order chi connectivity index (χ0) is 20.5. The molecule has 8 heteroatoms. The van der Waals surface area contributed by atoms with Crippen molar-refractivity contribution < 1.29 is 9.53 Å². The van der Waals surface area contributed by atoms with Crippen LogP contribution in [0, 0.1) is 6.92 Å². The molecule has 0 N–H and O–H groups in total. The number of carbonyl (C=O) groups excluding carboxylic acids is 1. The standard InChI is InChI=1S/C22H23N5O2S/c1-15-24-25-19-14-23-21(16-5-3-2-4-6-16)18-13-17(30-22(18)27(15)19)7-8-20(28)26-9-11-29-12-10-26/h2-6,13H,7-12,14H2,1H3. The quantitative estimate of drug-likeness (QED) is 0.649. The maximum Gasteiger partial charge on any atom is 0.223 e. The van der Waals surface area contributed by atoms with Gasteiger partial charge in [0.2, 0.25) is 5.91 Å². The molecule has 0 unspecified atom stereocenters. The van der Waals surface area contributed by atoms with E-state index in [0.717, 1.165) is 33.5 Å². The van der Waals surface area contributed by atoms with Crippen molar-refractivity contribution in [3.05, 3.63) is 64.1 Å². The third-order valence-electron chi connectivity index (χ3n) is 5.49. The third kappa shape index (κ3) is 3.57. The molecule has 0 aliphatic carbocycles. The predicted molar refractivity (Wildman–Crippen MR) is 115 cm³/mol. The van der Waals surface area contributed by atoms with Crippen molar-refractivity contribution in [3.63, 3.8) is 0 Å². The Hall–Kier alpha value is -2.84. The van der Waals surface area contributed by atoms with E-state index in [1.54, 1.807) is 11.3 Å². The lowest BCUT2D eigenvalue weighted by Gasteiger charge is -2.26. The lowest BCUT2D eigenvalue weighted by Crippen LogP contribution is -2.40. The molecule has 1 fully saturated rings. The molecule has 0 saturated carbocycles. The highest BCUT2D eigenvalue weighted by Gasteiger charge is 2.25. The van der Waals surface area contributed by atoms with E-state index in [2.05, 4.69) is 33.0 Å². The molecule has 1 saturated heterocycles. The van der Waals surface area contributed by atoms with Gasteiger partial charge in [0.1, 0.15) is 17.4 Å². The second-order valence-corrected chi connectivity index (χ2v) is 8.57. The monoisotopic (exact) mass is 421 g/mol. The molecule has 1 amide bonds. The molecule has 0 radical (unpaired) electrons. The van der Waals surface area contributed by atoms with Gasteiger partial charge in [-0.15, -0.1) is 21.5 Å². The summed E-state index contributed by atoms with van der Waals surface area (Å²) in [5.74, 6) is 1.89. The first-order valence-corrected chi connectivity index (χ1v) is 11.0. The molecule has 30 heavy (non-hydrogen) atoms. The molecule has 0 bridgehead atoms. The van der Waals surface area contributed by atoms with Crippen molar-refractivity contribution in [2.75, 3.05) is 26.3 Å². The average Bonchev–Trinajstić information content (AvgIpc) is 3.32. The molecule has 2 aliphatic rings. The van der Waals surface area contributed by atoms with Crippen molar-refractivity contribution in [2.45, 2.75) is 26.3 Å². The van der Waals surface area contributed by atoms with Crippen molar-refractivity contribution >= 4 is 23.0 Å². The summed E-state index contributed by atoms with van der Waals surface area (Å²) in [5, 5.41) is 9.67. The Balaban J connectivity index is 1.46. The van der Waals surface area contributed by atoms with Crippen LogP contribution in [-0.4, -0.2) is 57.6 Å². The topological polar surface area (TPSA) is 72.6 Å². The number of aryl methyl sites for hydroxylation is 2. The number of fused-ring (bicyclic) bond motifs is 3. The van der Waals surface area contributed by atoms with Gasteiger partial charge >= 0.3 is 0 Å². The van der Waals surface area contributed by atoms with Crippen LogP contribution in [0.1, 0.15) is 34.1 Å². The fraction of sp³-hybridized carbons (Fsp3) is 0.364. The maximum absolute atomic E-state index is 12.6. The van der Waals surface area contributed by atoms with Crippen LogP contribution in [0.25, 0.3) is 5.00 Å². The summed E-state index contributed by atoms with van der Waals surface area (Å²) in [6, 6.07) is 12.4. The van der Waals surface area contributed by atoms with E-state index in [0.29, 0.717) is 45.7 Å². The van der Waals surface area contributed by atoms with Gasteiger partial charge in [-0.1, -0.05) is 30.3 Å². The number of carbonyl (C=O) groups is 1. The van der Waals surface area contributed by atoms with Gasteiger partial charge in [-0.25, -0.2) is 0 Å². The van der Waals surface area contributed by atoms with E-state index in [4.69, 9.17) is 9.73 Å². The number of thiophene rings is 1. The summed E-state index contributed by atoms with van der Waals surface area (Å²) >= 11 is 1.70. The van der Waals surface area contributed by atoms with Gasteiger partial charge in [0.05, 0.1) is 18.9 Å². The minimum atomic E-state index is 0.194. The van der Waals surface area contributed by atoms with Gasteiger partial charge in [0.15, 0.2) is 5.82 Å². The molecule has 2 aromatic heterocycles. The minimum Gasteiger partial charge on any atom is -0.378 e. The molecule has 5 rings (SSSR count). The Bertz CT molecular complexity index is 1100. The van der Waals surface area contributed by atoms with E-state index in [-0.39, 0.29) is 5.91 Å². The van der Waals surface area contributed by atoms with Crippen LogP contribution < -0.4 is 0 Å². The van der Waals surface area contributed by atoms with Crippen molar-refractivity contribution in [2.24, 2.45) is 4.99 Å². The van der Waals surface area contributed by atoms with Gasteiger partial charge in [0.25, 0.3) is 0 Å². The number of rotatable bonds is 4. The smallest absolute Gasteiger partial charge is 0.223 e. The Labute approximate surface area is 179 Å². The van der Waals surface area contributed by atoms with Crippen LogP contribution in [-0.2, 0) is 22.5 Å². The molecule has 0 spiro atoms. The van der Waals surface area contributed by atoms with E-state index < -0.39 is 0 Å². The summed E-state index contributed by atoms with van der Waals surface area (Å²) in [7, 11) is 0. The Morgan fingerprint density at radius 3 is 2.77 bits per heavy atom. The molecular weight excluding hydrogens is 398 g/mol. The Morgan fingerprint density at radius 2 is 1.97 bits per heavy atom. The van der Waals surface area contributed by atoms with Crippen LogP contribution in [0.4, 0.5) is 0 Å². The van der Waals surface area contributed by atoms with Gasteiger partial charge in [-0.2, -0.15) is 0 Å². The fourth-order valence-electron chi connectivity index (χ4n) is 3.94. The van der Waals surface area contributed by atoms with E-state index in [1.165, 1.54) is 4.88 Å². The molecule has 2 aliphatic heterocycles. The fourth-order valence-corrected chi connectivity index (χ4v) is 5.17. The molecular formula is C22H23N5O2S. The van der Waals surface area contributed by atoms with Crippen molar-refractivity contribution in [1.82, 2.24) is 19.7 Å². The van der Waals surface area contributed by atoms with Gasteiger partial charge in [-0.3, -0.25) is 14.4 Å². The minimum absolute atomic E-state index is 0.194. The van der Waals surface area contributed by atoms with Crippen LogP contribution in [0.5, 0.6) is 0 Å². The zero-order valence-corrected chi connectivity index (χ0v) is 17.7. The van der Waals surface area contributed by atoms with Crippen LogP contribution >= 0.6 is 11.3 Å². The third-order valence-corrected chi connectivity index (χ3v) is 6.67. The zero-order valence-electron chi connectivity index (χ0n) is 16.9. The number of hydrogen-bond donors (Lipinski definition) is 0. The van der Waals surface area contributed by atoms with E-state index in [9.17, 15) is 4.79 Å². The largest absolute Gasteiger partial charge is 0.378 e. The van der Waals surface area contributed by atoms with Crippen LogP contribution in [0.2, 0.25) is 0 Å². The normalized spacial score (nSPS) is 15.9. The summed E-state index contributed by atoms with van der Waals surface area (Å²) in [6.45, 7) is 5.10. The Kier molecular flexibility index (Phi) is 5.18.